The Hall–Kier alpha value is -3.85. The molecule has 3 aromatic carbocycles. The molecule has 0 saturated carbocycles. The van der Waals surface area contributed by atoms with E-state index in [1.54, 1.807) is 36.4 Å². The van der Waals surface area contributed by atoms with Crippen molar-refractivity contribution in [3.63, 3.8) is 0 Å². The van der Waals surface area contributed by atoms with Gasteiger partial charge in [-0.15, -0.1) is 0 Å². The molecule has 4 aromatic rings. The molecule has 1 heterocycles. The maximum absolute atomic E-state index is 13.3. The molecule has 0 N–H and O–H groups in total. The molecule has 4 rings (SSSR count). The topological polar surface area (TPSA) is 65.7 Å². The summed E-state index contributed by atoms with van der Waals surface area (Å²) in [5, 5.41) is 4.85. The lowest BCUT2D eigenvalue weighted by atomic mass is 10.1. The van der Waals surface area contributed by atoms with Crippen LogP contribution in [0.1, 0.15) is 11.1 Å². The van der Waals surface area contributed by atoms with Gasteiger partial charge in [-0.1, -0.05) is 35.9 Å². The number of alkyl halides is 3. The van der Waals surface area contributed by atoms with Gasteiger partial charge < -0.3 is 9.47 Å². The fourth-order valence-corrected chi connectivity index (χ4v) is 3.64. The van der Waals surface area contributed by atoms with Gasteiger partial charge in [0.25, 0.3) is 5.56 Å². The van der Waals surface area contributed by atoms with E-state index in [2.05, 4.69) is 10.1 Å². The summed E-state index contributed by atoms with van der Waals surface area (Å²) >= 11 is 6.15. The van der Waals surface area contributed by atoms with Gasteiger partial charge in [-0.3, -0.25) is 4.79 Å². The molecule has 0 aliphatic rings. The zero-order valence-corrected chi connectivity index (χ0v) is 18.7. The molecule has 1 aromatic heterocycles. The predicted octanol–water partition coefficient (Wildman–Crippen LogP) is 5.64. The number of rotatable bonds is 5. The minimum Gasteiger partial charge on any atom is -0.493 e. The summed E-state index contributed by atoms with van der Waals surface area (Å²) in [5.41, 5.74) is -0.632. The molecule has 10 heteroatoms. The first-order chi connectivity index (χ1) is 16.2. The van der Waals surface area contributed by atoms with Gasteiger partial charge >= 0.3 is 6.18 Å². The molecule has 0 saturated heterocycles. The molecule has 0 aliphatic carbocycles. The summed E-state index contributed by atoms with van der Waals surface area (Å²) in [4.78, 5) is 17.7. The van der Waals surface area contributed by atoms with Crippen LogP contribution in [0.3, 0.4) is 0 Å². The Morgan fingerprint density at radius 1 is 1.03 bits per heavy atom. The van der Waals surface area contributed by atoms with E-state index in [4.69, 9.17) is 21.1 Å². The van der Waals surface area contributed by atoms with E-state index >= 15 is 0 Å². The largest absolute Gasteiger partial charge is 0.493 e. The molecule has 0 unspecified atom stereocenters. The number of aromatic nitrogens is 2. The van der Waals surface area contributed by atoms with E-state index < -0.39 is 17.3 Å². The van der Waals surface area contributed by atoms with Crippen LogP contribution in [0.15, 0.2) is 70.6 Å². The zero-order valence-electron chi connectivity index (χ0n) is 17.9. The van der Waals surface area contributed by atoms with E-state index in [9.17, 15) is 18.0 Å². The maximum Gasteiger partial charge on any atom is 0.416 e. The fourth-order valence-electron chi connectivity index (χ4n) is 3.43. The quantitative estimate of drug-likeness (QED) is 0.342. The third-order valence-corrected chi connectivity index (χ3v) is 5.20. The second-order valence-corrected chi connectivity index (χ2v) is 7.56. The molecule has 0 fully saturated rings. The van der Waals surface area contributed by atoms with Crippen LogP contribution in [-0.4, -0.2) is 30.1 Å². The van der Waals surface area contributed by atoms with Gasteiger partial charge in [-0.25, -0.2) is 4.98 Å². The maximum atomic E-state index is 13.3. The van der Waals surface area contributed by atoms with Gasteiger partial charge in [0.15, 0.2) is 17.3 Å². The first-order valence-electron chi connectivity index (χ1n) is 9.88. The molecule has 0 spiro atoms. The highest BCUT2D eigenvalue weighted by atomic mass is 35.5. The highest BCUT2D eigenvalue weighted by molar-refractivity contribution is 6.31. The zero-order chi connectivity index (χ0) is 24.5. The lowest BCUT2D eigenvalue weighted by Gasteiger charge is -2.13. The number of methoxy groups -OCH3 is 2. The molecule has 6 nitrogen and oxygen atoms in total. The fraction of sp³-hybridized carbons (Fsp3) is 0.125. The number of nitrogens with zero attached hydrogens (tertiary/aromatic N) is 3. The Labute approximate surface area is 196 Å². The highest BCUT2D eigenvalue weighted by Crippen LogP contribution is 2.34. The Kier molecular flexibility index (Phi) is 6.30. The molecule has 174 valence electrons. The van der Waals surface area contributed by atoms with Gasteiger partial charge in [-0.2, -0.15) is 22.9 Å². The summed E-state index contributed by atoms with van der Waals surface area (Å²) in [5.74, 6) is 0.607. The van der Waals surface area contributed by atoms with Crippen molar-refractivity contribution >= 4 is 28.7 Å². The Balaban J connectivity index is 1.96. The van der Waals surface area contributed by atoms with E-state index in [0.29, 0.717) is 27.6 Å². The predicted molar refractivity (Wildman–Crippen MR) is 124 cm³/mol. The van der Waals surface area contributed by atoms with Crippen molar-refractivity contribution in [2.24, 2.45) is 5.10 Å². The van der Waals surface area contributed by atoms with Crippen LogP contribution in [0, 0.1) is 0 Å². The molecule has 0 atom stereocenters. The van der Waals surface area contributed by atoms with Crippen molar-refractivity contribution in [2.75, 3.05) is 14.2 Å². The number of benzene rings is 3. The van der Waals surface area contributed by atoms with Crippen LogP contribution in [-0.2, 0) is 6.18 Å². The van der Waals surface area contributed by atoms with Crippen molar-refractivity contribution in [3.8, 4) is 22.9 Å². The third kappa shape index (κ3) is 4.47. The second-order valence-electron chi connectivity index (χ2n) is 7.12. The van der Waals surface area contributed by atoms with Gasteiger partial charge in [0.05, 0.1) is 36.9 Å². The Morgan fingerprint density at radius 3 is 2.50 bits per heavy atom. The van der Waals surface area contributed by atoms with Gasteiger partial charge in [0.1, 0.15) is 0 Å². The first kappa shape index (κ1) is 23.3. The van der Waals surface area contributed by atoms with Crippen LogP contribution < -0.4 is 15.0 Å². The molecule has 0 aliphatic heterocycles. The van der Waals surface area contributed by atoms with Gasteiger partial charge in [0.2, 0.25) is 0 Å². The third-order valence-electron chi connectivity index (χ3n) is 4.99. The summed E-state index contributed by atoms with van der Waals surface area (Å²) in [6, 6.07) is 14.2. The Bertz CT molecular complexity index is 1470. The second kappa shape index (κ2) is 9.18. The van der Waals surface area contributed by atoms with Crippen LogP contribution >= 0.6 is 11.6 Å². The van der Waals surface area contributed by atoms with Crippen molar-refractivity contribution in [3.05, 3.63) is 87.2 Å². The number of halogens is 4. The van der Waals surface area contributed by atoms with Crippen LogP contribution in [0.25, 0.3) is 22.3 Å². The molecule has 0 amide bonds. The minimum absolute atomic E-state index is 0.0565. The Morgan fingerprint density at radius 2 is 1.79 bits per heavy atom. The van der Waals surface area contributed by atoms with Crippen LogP contribution in [0.5, 0.6) is 11.5 Å². The molecule has 0 bridgehead atoms. The van der Waals surface area contributed by atoms with Crippen molar-refractivity contribution in [1.82, 2.24) is 9.66 Å². The molecule has 34 heavy (non-hydrogen) atoms. The summed E-state index contributed by atoms with van der Waals surface area (Å²) in [6.07, 6.45) is -3.26. The highest BCUT2D eigenvalue weighted by Gasteiger charge is 2.31. The normalized spacial score (nSPS) is 11.8. The monoisotopic (exact) mass is 487 g/mol. The number of hydrogen-bond donors (Lipinski definition) is 0. The number of ether oxygens (including phenoxy) is 2. The SMILES string of the molecule is COc1cc(Cl)cc(C=Nn2c(-c3cccc(C(F)(F)F)c3)nc3ccccc3c2=O)c1OC. The number of hydrogen-bond acceptors (Lipinski definition) is 5. The summed E-state index contributed by atoms with van der Waals surface area (Å²) in [7, 11) is 2.87. The van der Waals surface area contributed by atoms with Gasteiger partial charge in [0, 0.05) is 22.2 Å². The number of para-hydroxylation sites is 1. The van der Waals surface area contributed by atoms with Crippen molar-refractivity contribution in [1.29, 1.82) is 0 Å². The van der Waals surface area contributed by atoms with Gasteiger partial charge in [-0.05, 0) is 30.3 Å². The van der Waals surface area contributed by atoms with Crippen molar-refractivity contribution in [2.45, 2.75) is 6.18 Å². The van der Waals surface area contributed by atoms with Crippen LogP contribution in [0.2, 0.25) is 5.02 Å². The smallest absolute Gasteiger partial charge is 0.416 e. The standard InChI is InChI=1S/C24H17ClF3N3O3/c1-33-20-12-17(25)11-15(21(20)34-2)13-29-31-22(14-6-5-7-16(10-14)24(26,27)28)30-19-9-4-3-8-18(19)23(31)32/h3-13H,1-2H3. The summed E-state index contributed by atoms with van der Waals surface area (Å²) < 4.78 is 51.6. The summed E-state index contributed by atoms with van der Waals surface area (Å²) in [6.45, 7) is 0. The minimum atomic E-state index is -4.56. The van der Waals surface area contributed by atoms with E-state index in [-0.39, 0.29) is 16.8 Å². The average molecular weight is 488 g/mol. The van der Waals surface area contributed by atoms with Crippen LogP contribution in [0.4, 0.5) is 13.2 Å². The lowest BCUT2D eigenvalue weighted by Crippen LogP contribution is -2.20. The average Bonchev–Trinajstić information content (AvgIpc) is 2.82. The van der Waals surface area contributed by atoms with E-state index in [1.807, 2.05) is 0 Å². The van der Waals surface area contributed by atoms with Crippen molar-refractivity contribution < 1.29 is 22.6 Å². The van der Waals surface area contributed by atoms with E-state index in [0.717, 1.165) is 16.8 Å². The lowest BCUT2D eigenvalue weighted by molar-refractivity contribution is -0.137. The molecular weight excluding hydrogens is 471 g/mol. The van der Waals surface area contributed by atoms with E-state index in [1.165, 1.54) is 32.6 Å². The molecule has 0 radical (unpaired) electrons. The first-order valence-corrected chi connectivity index (χ1v) is 10.3. The number of fused-ring (bicyclic) bond motifs is 1. The molecular formula is C24H17ClF3N3O3.